The zero-order valence-electron chi connectivity index (χ0n) is 9.93. The maximum Gasteiger partial charge on any atom is 0.338 e. The van der Waals surface area contributed by atoms with Crippen molar-refractivity contribution in [3.63, 3.8) is 0 Å². The molecule has 90 valence electrons. The van der Waals surface area contributed by atoms with E-state index >= 15 is 0 Å². The van der Waals surface area contributed by atoms with Crippen molar-refractivity contribution in [2.75, 3.05) is 0 Å². The number of carboxylic acid groups (broad SMARTS) is 1. The molecule has 0 radical (unpaired) electrons. The third-order valence-electron chi connectivity index (χ3n) is 2.94. The first-order valence-corrected chi connectivity index (χ1v) is 5.78. The number of carbonyl (C=O) groups excluding carboxylic acids is 1. The Labute approximate surface area is 99.7 Å². The lowest BCUT2D eigenvalue weighted by Gasteiger charge is -2.09. The predicted molar refractivity (Wildman–Crippen MR) is 62.3 cm³/mol. The Morgan fingerprint density at radius 1 is 1.35 bits per heavy atom. The van der Waals surface area contributed by atoms with E-state index in [2.05, 4.69) is 4.98 Å². The van der Waals surface area contributed by atoms with Gasteiger partial charge in [0.05, 0.1) is 5.56 Å². The number of carboxylic acids is 1. The lowest BCUT2D eigenvalue weighted by molar-refractivity contribution is 0.0690. The van der Waals surface area contributed by atoms with Crippen molar-refractivity contribution in [1.82, 2.24) is 4.98 Å². The highest BCUT2D eigenvalue weighted by Crippen LogP contribution is 2.39. The largest absolute Gasteiger partial charge is 0.478 e. The molecule has 0 amide bonds. The minimum atomic E-state index is -1.09. The van der Waals surface area contributed by atoms with Gasteiger partial charge in [0.1, 0.15) is 0 Å². The zero-order chi connectivity index (χ0) is 12.6. The fourth-order valence-corrected chi connectivity index (χ4v) is 1.76. The lowest BCUT2D eigenvalue weighted by atomic mass is 9.96. The number of nitrogens with zero attached hydrogens (tertiary/aromatic N) is 1. The van der Waals surface area contributed by atoms with E-state index in [0.29, 0.717) is 11.5 Å². The number of carbonyl (C=O) groups is 2. The summed E-state index contributed by atoms with van der Waals surface area (Å²) in [4.78, 5) is 27.2. The zero-order valence-corrected chi connectivity index (χ0v) is 9.93. The highest BCUT2D eigenvalue weighted by molar-refractivity contribution is 6.06. The van der Waals surface area contributed by atoms with Crippen LogP contribution in [0.15, 0.2) is 12.3 Å². The summed E-state index contributed by atoms with van der Waals surface area (Å²) >= 11 is 0. The van der Waals surface area contributed by atoms with E-state index in [1.165, 1.54) is 6.20 Å². The van der Waals surface area contributed by atoms with Gasteiger partial charge in [0.2, 0.25) is 0 Å². The van der Waals surface area contributed by atoms with Gasteiger partial charge in [0, 0.05) is 29.3 Å². The molecule has 1 fully saturated rings. The van der Waals surface area contributed by atoms with Crippen molar-refractivity contribution in [2.24, 2.45) is 5.92 Å². The van der Waals surface area contributed by atoms with Crippen LogP contribution in [0.5, 0.6) is 0 Å². The van der Waals surface area contributed by atoms with Gasteiger partial charge in [-0.3, -0.25) is 9.78 Å². The van der Waals surface area contributed by atoms with Crippen LogP contribution in [0.25, 0.3) is 0 Å². The van der Waals surface area contributed by atoms with Crippen LogP contribution in [0.4, 0.5) is 0 Å². The number of rotatable bonds is 4. The number of aromatic nitrogens is 1. The Morgan fingerprint density at radius 3 is 2.47 bits per heavy atom. The van der Waals surface area contributed by atoms with Gasteiger partial charge in [0.25, 0.3) is 0 Å². The molecular weight excluding hydrogens is 218 g/mol. The van der Waals surface area contributed by atoms with Crippen LogP contribution in [-0.2, 0) is 0 Å². The van der Waals surface area contributed by atoms with Crippen LogP contribution in [0.1, 0.15) is 59.0 Å². The van der Waals surface area contributed by atoms with E-state index in [0.717, 1.165) is 18.5 Å². The van der Waals surface area contributed by atoms with E-state index in [1.54, 1.807) is 19.9 Å². The molecule has 2 rings (SSSR count). The van der Waals surface area contributed by atoms with Crippen molar-refractivity contribution < 1.29 is 14.7 Å². The van der Waals surface area contributed by atoms with E-state index in [4.69, 9.17) is 5.11 Å². The first kappa shape index (κ1) is 11.8. The molecular formula is C13H15NO3. The standard InChI is InChI=1S/C13H15NO3/c1-7(2)12(15)9-5-11(8-3-4-8)14-6-10(9)13(16)17/h5-8H,3-4H2,1-2H3,(H,16,17). The third-order valence-corrected chi connectivity index (χ3v) is 2.94. The molecule has 0 saturated heterocycles. The second-order valence-electron chi connectivity index (χ2n) is 4.75. The van der Waals surface area contributed by atoms with Gasteiger partial charge >= 0.3 is 5.97 Å². The SMILES string of the molecule is CC(C)C(=O)c1cc(C2CC2)ncc1C(=O)O. The van der Waals surface area contributed by atoms with E-state index in [-0.39, 0.29) is 17.3 Å². The van der Waals surface area contributed by atoms with E-state index in [1.807, 2.05) is 0 Å². The Balaban J connectivity index is 2.46. The maximum atomic E-state index is 12.0. The van der Waals surface area contributed by atoms with Crippen molar-refractivity contribution in [2.45, 2.75) is 32.6 Å². The summed E-state index contributed by atoms with van der Waals surface area (Å²) in [5.74, 6) is -1.02. The average Bonchev–Trinajstić information content (AvgIpc) is 3.10. The third kappa shape index (κ3) is 2.35. The summed E-state index contributed by atoms with van der Waals surface area (Å²) in [6.07, 6.45) is 3.47. The molecule has 0 aliphatic heterocycles. The average molecular weight is 233 g/mol. The van der Waals surface area contributed by atoms with Gasteiger partial charge < -0.3 is 5.11 Å². The molecule has 1 heterocycles. The van der Waals surface area contributed by atoms with Crippen LogP contribution in [0, 0.1) is 5.92 Å². The van der Waals surface area contributed by atoms with Crippen molar-refractivity contribution in [1.29, 1.82) is 0 Å². The van der Waals surface area contributed by atoms with Gasteiger partial charge in [-0.2, -0.15) is 0 Å². The van der Waals surface area contributed by atoms with Crippen LogP contribution >= 0.6 is 0 Å². The van der Waals surface area contributed by atoms with Gasteiger partial charge in [-0.05, 0) is 18.9 Å². The summed E-state index contributed by atoms with van der Waals surface area (Å²) in [7, 11) is 0. The molecule has 17 heavy (non-hydrogen) atoms. The quantitative estimate of drug-likeness (QED) is 0.811. The fraction of sp³-hybridized carbons (Fsp3) is 0.462. The van der Waals surface area contributed by atoms with Gasteiger partial charge in [-0.25, -0.2) is 4.79 Å². The first-order valence-electron chi connectivity index (χ1n) is 5.78. The number of ketones is 1. The normalized spacial score (nSPS) is 15.0. The van der Waals surface area contributed by atoms with E-state index < -0.39 is 5.97 Å². The van der Waals surface area contributed by atoms with Crippen molar-refractivity contribution >= 4 is 11.8 Å². The van der Waals surface area contributed by atoms with Crippen LogP contribution in [0.2, 0.25) is 0 Å². The predicted octanol–water partition coefficient (Wildman–Crippen LogP) is 2.50. The highest BCUT2D eigenvalue weighted by atomic mass is 16.4. The molecule has 1 aliphatic rings. The summed E-state index contributed by atoms with van der Waals surface area (Å²) in [6, 6.07) is 1.66. The summed E-state index contributed by atoms with van der Waals surface area (Å²) < 4.78 is 0. The molecule has 0 aromatic carbocycles. The number of pyridine rings is 1. The summed E-state index contributed by atoms with van der Waals surface area (Å²) in [5, 5.41) is 9.05. The minimum Gasteiger partial charge on any atom is -0.478 e. The van der Waals surface area contributed by atoms with Gasteiger partial charge in [0.15, 0.2) is 5.78 Å². The molecule has 1 N–H and O–H groups in total. The van der Waals surface area contributed by atoms with Crippen molar-refractivity contribution in [3.05, 3.63) is 29.1 Å². The first-order chi connectivity index (χ1) is 8.00. The minimum absolute atomic E-state index is 0.00750. The molecule has 4 nitrogen and oxygen atoms in total. The Hall–Kier alpha value is -1.71. The molecule has 0 unspecified atom stereocenters. The monoisotopic (exact) mass is 233 g/mol. The fourth-order valence-electron chi connectivity index (χ4n) is 1.76. The molecule has 0 spiro atoms. The Bertz CT molecular complexity index is 476. The number of hydrogen-bond acceptors (Lipinski definition) is 3. The summed E-state index contributed by atoms with van der Waals surface area (Å²) in [5.41, 5.74) is 1.15. The molecule has 1 aromatic heterocycles. The van der Waals surface area contributed by atoms with Crippen LogP contribution in [-0.4, -0.2) is 21.8 Å². The number of aromatic carboxylic acids is 1. The maximum absolute atomic E-state index is 12.0. The smallest absolute Gasteiger partial charge is 0.338 e. The van der Waals surface area contributed by atoms with Gasteiger partial charge in [-0.15, -0.1) is 0 Å². The molecule has 0 atom stereocenters. The van der Waals surface area contributed by atoms with Crippen LogP contribution in [0.3, 0.4) is 0 Å². The Kier molecular flexibility index (Phi) is 2.96. The Morgan fingerprint density at radius 2 is 2.00 bits per heavy atom. The molecule has 1 aromatic rings. The van der Waals surface area contributed by atoms with Gasteiger partial charge in [-0.1, -0.05) is 13.8 Å². The van der Waals surface area contributed by atoms with Crippen LogP contribution < -0.4 is 0 Å². The molecule has 0 bridgehead atoms. The lowest BCUT2D eigenvalue weighted by Crippen LogP contribution is -2.14. The number of hydrogen-bond donors (Lipinski definition) is 1. The molecule has 4 heteroatoms. The topological polar surface area (TPSA) is 67.3 Å². The molecule has 1 saturated carbocycles. The highest BCUT2D eigenvalue weighted by Gasteiger charge is 2.28. The second kappa shape index (κ2) is 4.28. The summed E-state index contributed by atoms with van der Waals surface area (Å²) in [6.45, 7) is 3.54. The second-order valence-corrected chi connectivity index (χ2v) is 4.75. The van der Waals surface area contributed by atoms with E-state index in [9.17, 15) is 9.59 Å². The molecule has 1 aliphatic carbocycles. The number of Topliss-reactive ketones (excluding diaryl/α,β-unsaturated/α-hetero) is 1. The van der Waals surface area contributed by atoms with Crippen molar-refractivity contribution in [3.8, 4) is 0 Å².